The van der Waals surface area contributed by atoms with E-state index in [1.54, 1.807) is 0 Å². The summed E-state index contributed by atoms with van der Waals surface area (Å²) in [5.41, 5.74) is 1.93. The zero-order valence-corrected chi connectivity index (χ0v) is 10.9. The molecule has 1 aliphatic carbocycles. The second kappa shape index (κ2) is 4.09. The Morgan fingerprint density at radius 1 is 1.33 bits per heavy atom. The minimum absolute atomic E-state index is 0.0159. The molecule has 2 heterocycles. The van der Waals surface area contributed by atoms with Crippen molar-refractivity contribution >= 4 is 9.84 Å². The van der Waals surface area contributed by atoms with E-state index < -0.39 is 9.84 Å². The summed E-state index contributed by atoms with van der Waals surface area (Å²) in [6, 6.07) is 2.40. The lowest BCUT2D eigenvalue weighted by Gasteiger charge is -2.18. The number of hydrogen-bond acceptors (Lipinski definition) is 4. The van der Waals surface area contributed by atoms with Crippen molar-refractivity contribution in [1.82, 2.24) is 9.78 Å². The molecule has 0 aromatic carbocycles. The van der Waals surface area contributed by atoms with Gasteiger partial charge in [0, 0.05) is 17.7 Å². The Morgan fingerprint density at radius 2 is 2.06 bits per heavy atom. The van der Waals surface area contributed by atoms with Crippen LogP contribution in [0, 0.1) is 11.3 Å². The van der Waals surface area contributed by atoms with Crippen LogP contribution in [0.15, 0.2) is 0 Å². The third kappa shape index (κ3) is 1.83. The van der Waals surface area contributed by atoms with Gasteiger partial charge in [0.15, 0.2) is 15.5 Å². The van der Waals surface area contributed by atoms with Gasteiger partial charge in [-0.2, -0.15) is 10.4 Å². The molecule has 1 aromatic heterocycles. The molecule has 0 atom stereocenters. The Morgan fingerprint density at radius 3 is 2.72 bits per heavy atom. The fraction of sp³-hybridized carbons (Fsp3) is 0.667. The summed E-state index contributed by atoms with van der Waals surface area (Å²) < 4.78 is 25.3. The van der Waals surface area contributed by atoms with E-state index in [0.29, 0.717) is 23.7 Å². The largest absolute Gasteiger partial charge is 0.265 e. The zero-order chi connectivity index (χ0) is 12.8. The molecule has 1 fully saturated rings. The van der Waals surface area contributed by atoms with E-state index in [9.17, 15) is 8.42 Å². The first-order valence-electron chi connectivity index (χ1n) is 6.31. The Labute approximate surface area is 106 Å². The van der Waals surface area contributed by atoms with E-state index in [1.165, 1.54) is 12.8 Å². The highest BCUT2D eigenvalue weighted by atomic mass is 32.2. The van der Waals surface area contributed by atoms with Crippen LogP contribution in [-0.2, 0) is 22.0 Å². The number of nitrogens with zero attached hydrogens (tertiary/aromatic N) is 3. The van der Waals surface area contributed by atoms with Gasteiger partial charge in [0.2, 0.25) is 0 Å². The lowest BCUT2D eigenvalue weighted by Crippen LogP contribution is -2.22. The van der Waals surface area contributed by atoms with Gasteiger partial charge in [-0.1, -0.05) is 12.8 Å². The number of aromatic nitrogens is 2. The zero-order valence-electron chi connectivity index (χ0n) is 10.1. The highest BCUT2D eigenvalue weighted by Crippen LogP contribution is 2.33. The maximum atomic E-state index is 11.7. The van der Waals surface area contributed by atoms with E-state index >= 15 is 0 Å². The number of fused-ring (bicyclic) bond motifs is 1. The highest BCUT2D eigenvalue weighted by Gasteiger charge is 2.31. The predicted octanol–water partition coefficient (Wildman–Crippen LogP) is 1.34. The molecule has 2 aliphatic rings. The highest BCUT2D eigenvalue weighted by molar-refractivity contribution is 7.90. The van der Waals surface area contributed by atoms with Crippen LogP contribution in [0.1, 0.15) is 48.7 Å². The van der Waals surface area contributed by atoms with E-state index in [4.69, 9.17) is 5.26 Å². The molecule has 3 rings (SSSR count). The number of hydrogen-bond donors (Lipinski definition) is 0. The Bertz CT molecular complexity index is 618. The van der Waals surface area contributed by atoms with Gasteiger partial charge < -0.3 is 0 Å². The van der Waals surface area contributed by atoms with Crippen molar-refractivity contribution in [3.8, 4) is 6.07 Å². The fourth-order valence-corrected chi connectivity index (χ4v) is 4.40. The molecular formula is C12H15N3O2S. The molecule has 6 heteroatoms. The van der Waals surface area contributed by atoms with Crippen LogP contribution in [0.3, 0.4) is 0 Å². The summed E-state index contributed by atoms with van der Waals surface area (Å²) in [6.07, 6.45) is 5.07. The van der Waals surface area contributed by atoms with E-state index in [1.807, 2.05) is 10.8 Å². The summed E-state index contributed by atoms with van der Waals surface area (Å²) in [6.45, 7) is 0. The van der Waals surface area contributed by atoms with Crippen LogP contribution in [0.4, 0.5) is 0 Å². The Kier molecular flexibility index (Phi) is 2.67. The average molecular weight is 265 g/mol. The van der Waals surface area contributed by atoms with Gasteiger partial charge in [0.05, 0.1) is 17.5 Å². The van der Waals surface area contributed by atoms with E-state index in [-0.39, 0.29) is 11.5 Å². The van der Waals surface area contributed by atoms with Crippen LogP contribution in [-0.4, -0.2) is 24.0 Å². The van der Waals surface area contributed by atoms with Gasteiger partial charge in [0.1, 0.15) is 6.07 Å². The molecule has 96 valence electrons. The molecule has 0 amide bonds. The monoisotopic (exact) mass is 265 g/mol. The molecule has 1 saturated carbocycles. The molecule has 18 heavy (non-hydrogen) atoms. The Balaban J connectivity index is 2.08. The quantitative estimate of drug-likeness (QED) is 0.768. The van der Waals surface area contributed by atoms with Crippen molar-refractivity contribution in [2.45, 2.75) is 43.9 Å². The summed E-state index contributed by atoms with van der Waals surface area (Å²) in [5, 5.41) is 13.4. The van der Waals surface area contributed by atoms with E-state index in [2.05, 4.69) is 5.10 Å². The number of nitriles is 1. The molecule has 0 bridgehead atoms. The first kappa shape index (κ1) is 11.7. The molecule has 0 N–H and O–H groups in total. The van der Waals surface area contributed by atoms with Gasteiger partial charge in [-0.25, -0.2) is 8.42 Å². The summed E-state index contributed by atoms with van der Waals surface area (Å²) >= 11 is 0. The lowest BCUT2D eigenvalue weighted by molar-refractivity contribution is 0.449. The first-order valence-corrected chi connectivity index (χ1v) is 8.13. The molecule has 1 aliphatic heterocycles. The van der Waals surface area contributed by atoms with Gasteiger partial charge in [-0.3, -0.25) is 4.68 Å². The summed E-state index contributed by atoms with van der Waals surface area (Å²) in [5.74, 6) is 0.168. The number of rotatable bonds is 1. The SMILES string of the molecule is N#Cc1nn(C2CCCC2)c2c1CS(=O)(=O)CC2. The van der Waals surface area contributed by atoms with Crippen LogP contribution >= 0.6 is 0 Å². The average Bonchev–Trinajstić information content (AvgIpc) is 2.93. The molecule has 1 aromatic rings. The molecule has 0 radical (unpaired) electrons. The third-order valence-corrected chi connectivity index (χ3v) is 5.46. The van der Waals surface area contributed by atoms with Crippen LogP contribution < -0.4 is 0 Å². The Hall–Kier alpha value is -1.35. The smallest absolute Gasteiger partial charge is 0.166 e. The lowest BCUT2D eigenvalue weighted by atomic mass is 10.1. The minimum atomic E-state index is -3.04. The van der Waals surface area contributed by atoms with Gasteiger partial charge in [-0.05, 0) is 12.8 Å². The normalized spacial score (nSPS) is 22.6. The van der Waals surface area contributed by atoms with Crippen molar-refractivity contribution < 1.29 is 8.42 Å². The van der Waals surface area contributed by atoms with Crippen molar-refractivity contribution in [1.29, 1.82) is 5.26 Å². The van der Waals surface area contributed by atoms with Gasteiger partial charge in [0.25, 0.3) is 0 Å². The van der Waals surface area contributed by atoms with Crippen molar-refractivity contribution in [2.75, 3.05) is 5.75 Å². The van der Waals surface area contributed by atoms with E-state index in [0.717, 1.165) is 18.5 Å². The molecule has 0 unspecified atom stereocenters. The first-order chi connectivity index (χ1) is 8.61. The molecule has 0 saturated heterocycles. The van der Waals surface area contributed by atoms with Gasteiger partial charge >= 0.3 is 0 Å². The third-order valence-electron chi connectivity index (χ3n) is 3.91. The second-order valence-electron chi connectivity index (χ2n) is 5.11. The maximum absolute atomic E-state index is 11.7. The topological polar surface area (TPSA) is 75.8 Å². The van der Waals surface area contributed by atoms with Crippen LogP contribution in [0.25, 0.3) is 0 Å². The number of sulfone groups is 1. The minimum Gasteiger partial charge on any atom is -0.265 e. The fourth-order valence-electron chi connectivity index (χ4n) is 3.01. The van der Waals surface area contributed by atoms with Crippen LogP contribution in [0.5, 0.6) is 0 Å². The van der Waals surface area contributed by atoms with Gasteiger partial charge in [-0.15, -0.1) is 0 Å². The standard InChI is InChI=1S/C12H15N3O2S/c13-7-11-10-8-18(16,17)6-5-12(10)15(14-11)9-3-1-2-4-9/h9H,1-6,8H2. The molecule has 0 spiro atoms. The van der Waals surface area contributed by atoms with Crippen molar-refractivity contribution in [3.63, 3.8) is 0 Å². The molecule has 5 nitrogen and oxygen atoms in total. The molecular weight excluding hydrogens is 250 g/mol. The summed E-state index contributed by atoms with van der Waals surface area (Å²) in [7, 11) is -3.04. The second-order valence-corrected chi connectivity index (χ2v) is 7.29. The van der Waals surface area contributed by atoms with Crippen molar-refractivity contribution in [3.05, 3.63) is 17.0 Å². The predicted molar refractivity (Wildman–Crippen MR) is 65.6 cm³/mol. The maximum Gasteiger partial charge on any atom is 0.166 e. The summed E-state index contributed by atoms with van der Waals surface area (Å²) in [4.78, 5) is 0. The van der Waals surface area contributed by atoms with Crippen molar-refractivity contribution in [2.24, 2.45) is 0 Å². The van der Waals surface area contributed by atoms with Crippen LogP contribution in [0.2, 0.25) is 0 Å².